The van der Waals surface area contributed by atoms with Crippen LogP contribution >= 0.6 is 0 Å². The number of hydrogen-bond donors (Lipinski definition) is 2. The highest BCUT2D eigenvalue weighted by molar-refractivity contribution is 6.27. The van der Waals surface area contributed by atoms with Gasteiger partial charge in [0.2, 0.25) is 0 Å². The lowest BCUT2D eigenvalue weighted by Gasteiger charge is -2.18. The van der Waals surface area contributed by atoms with Gasteiger partial charge in [-0.15, -0.1) is 0 Å². The SMILES string of the molecule is N=C1N=C(N)c2c1cc1cc(F)c(F)cc1c2-c1cc(C(F)(F)F)cc(C(F)(F)F)c1. The number of rotatable bonds is 1. The molecule has 1 aliphatic heterocycles. The number of alkyl halides is 6. The van der Waals surface area contributed by atoms with Crippen molar-refractivity contribution in [3.63, 3.8) is 0 Å². The van der Waals surface area contributed by atoms with Gasteiger partial charge in [-0.05, 0) is 52.7 Å². The van der Waals surface area contributed by atoms with Crippen molar-refractivity contribution in [2.45, 2.75) is 12.4 Å². The predicted molar refractivity (Wildman–Crippen MR) is 96.9 cm³/mol. The average Bonchev–Trinajstić information content (AvgIpc) is 2.93. The summed E-state index contributed by atoms with van der Waals surface area (Å²) in [5.41, 5.74) is 1.55. The largest absolute Gasteiger partial charge is 0.416 e. The lowest BCUT2D eigenvalue weighted by Crippen LogP contribution is -2.14. The summed E-state index contributed by atoms with van der Waals surface area (Å²) in [5.74, 6) is -3.40. The molecule has 0 atom stereocenters. The summed E-state index contributed by atoms with van der Waals surface area (Å²) < 4.78 is 108. The van der Waals surface area contributed by atoms with E-state index in [1.807, 2.05) is 0 Å². The first-order valence-electron chi connectivity index (χ1n) is 8.46. The summed E-state index contributed by atoms with van der Waals surface area (Å²) in [6.07, 6.45) is -10.2. The molecular weight excluding hydrogens is 434 g/mol. The molecule has 0 unspecified atom stereocenters. The molecule has 31 heavy (non-hydrogen) atoms. The third kappa shape index (κ3) is 3.39. The first-order valence-corrected chi connectivity index (χ1v) is 8.46. The Hall–Kier alpha value is -3.50. The molecule has 0 saturated carbocycles. The molecule has 3 nitrogen and oxygen atoms in total. The van der Waals surface area contributed by atoms with Crippen molar-refractivity contribution in [1.29, 1.82) is 5.41 Å². The lowest BCUT2D eigenvalue weighted by molar-refractivity contribution is -0.143. The van der Waals surface area contributed by atoms with E-state index in [0.717, 1.165) is 6.07 Å². The van der Waals surface area contributed by atoms with Crippen molar-refractivity contribution in [1.82, 2.24) is 0 Å². The minimum Gasteiger partial charge on any atom is -0.383 e. The fraction of sp³-hybridized carbons (Fsp3) is 0.100. The maximum Gasteiger partial charge on any atom is 0.416 e. The fourth-order valence-corrected chi connectivity index (χ4v) is 3.48. The number of fused-ring (bicyclic) bond motifs is 2. The van der Waals surface area contributed by atoms with Gasteiger partial charge >= 0.3 is 12.4 Å². The van der Waals surface area contributed by atoms with Gasteiger partial charge < -0.3 is 5.73 Å². The Labute approximate surface area is 168 Å². The van der Waals surface area contributed by atoms with Crippen molar-refractivity contribution < 1.29 is 35.1 Å². The zero-order valence-electron chi connectivity index (χ0n) is 15.0. The number of aliphatic imine (C=N–C) groups is 1. The quantitative estimate of drug-likeness (QED) is 0.455. The van der Waals surface area contributed by atoms with Gasteiger partial charge in [-0.2, -0.15) is 26.3 Å². The van der Waals surface area contributed by atoms with Gasteiger partial charge in [0.25, 0.3) is 0 Å². The second kappa shape index (κ2) is 6.50. The molecule has 0 bridgehead atoms. The molecule has 4 rings (SSSR count). The predicted octanol–water partition coefficient (Wildman–Crippen LogP) is 5.87. The van der Waals surface area contributed by atoms with Crippen LogP contribution < -0.4 is 5.73 Å². The molecular formula is C20H9F8N3. The van der Waals surface area contributed by atoms with Crippen LogP contribution in [0.3, 0.4) is 0 Å². The van der Waals surface area contributed by atoms with Crippen LogP contribution in [0.15, 0.2) is 41.4 Å². The van der Waals surface area contributed by atoms with Crippen LogP contribution in [0, 0.1) is 17.0 Å². The Morgan fingerprint density at radius 2 is 1.29 bits per heavy atom. The number of nitrogens with two attached hydrogens (primary N) is 1. The van der Waals surface area contributed by atoms with E-state index in [2.05, 4.69) is 4.99 Å². The molecule has 3 N–H and O–H groups in total. The number of nitrogens with zero attached hydrogens (tertiary/aromatic N) is 1. The number of nitrogens with one attached hydrogen (secondary N) is 1. The van der Waals surface area contributed by atoms with E-state index < -0.39 is 46.5 Å². The summed E-state index contributed by atoms with van der Waals surface area (Å²) in [6.45, 7) is 0. The van der Waals surface area contributed by atoms with E-state index in [9.17, 15) is 35.1 Å². The van der Waals surface area contributed by atoms with E-state index in [1.165, 1.54) is 6.07 Å². The second-order valence-corrected chi connectivity index (χ2v) is 6.80. The Kier molecular flexibility index (Phi) is 4.35. The zero-order valence-corrected chi connectivity index (χ0v) is 15.0. The molecule has 160 valence electrons. The second-order valence-electron chi connectivity index (χ2n) is 6.80. The van der Waals surface area contributed by atoms with E-state index in [0.29, 0.717) is 18.2 Å². The Morgan fingerprint density at radius 1 is 0.742 bits per heavy atom. The Morgan fingerprint density at radius 3 is 1.84 bits per heavy atom. The number of amidine groups is 2. The molecule has 1 heterocycles. The van der Waals surface area contributed by atoms with E-state index in [-0.39, 0.29) is 39.4 Å². The molecule has 0 saturated heterocycles. The lowest BCUT2D eigenvalue weighted by atomic mass is 9.88. The summed E-state index contributed by atoms with van der Waals surface area (Å²) in [7, 11) is 0. The van der Waals surface area contributed by atoms with Crippen molar-refractivity contribution in [3.8, 4) is 11.1 Å². The molecule has 3 aromatic carbocycles. The molecule has 0 amide bonds. The number of hydrogen-bond acceptors (Lipinski definition) is 2. The van der Waals surface area contributed by atoms with Crippen molar-refractivity contribution in [2.24, 2.45) is 10.7 Å². The van der Waals surface area contributed by atoms with E-state index >= 15 is 0 Å². The smallest absolute Gasteiger partial charge is 0.383 e. The highest BCUT2D eigenvalue weighted by atomic mass is 19.4. The maximum atomic E-state index is 14.0. The molecule has 0 spiro atoms. The molecule has 1 aliphatic rings. The van der Waals surface area contributed by atoms with Crippen molar-refractivity contribution in [3.05, 3.63) is 70.3 Å². The van der Waals surface area contributed by atoms with Gasteiger partial charge in [0.1, 0.15) is 5.84 Å². The van der Waals surface area contributed by atoms with Gasteiger partial charge in [0.15, 0.2) is 17.5 Å². The molecule has 0 radical (unpaired) electrons. The summed E-state index contributed by atoms with van der Waals surface area (Å²) >= 11 is 0. The van der Waals surface area contributed by atoms with Crippen LogP contribution in [0.2, 0.25) is 0 Å². The first kappa shape index (κ1) is 20.8. The third-order valence-corrected chi connectivity index (χ3v) is 4.80. The minimum absolute atomic E-state index is 0.0306. The van der Waals surface area contributed by atoms with Crippen molar-refractivity contribution >= 4 is 22.4 Å². The Bertz CT molecular complexity index is 1270. The zero-order chi connectivity index (χ0) is 22.9. The van der Waals surface area contributed by atoms with E-state index in [1.54, 1.807) is 0 Å². The maximum absolute atomic E-state index is 14.0. The van der Waals surface area contributed by atoms with Gasteiger partial charge in [0.05, 0.1) is 11.1 Å². The van der Waals surface area contributed by atoms with Crippen LogP contribution in [0.5, 0.6) is 0 Å². The highest BCUT2D eigenvalue weighted by Gasteiger charge is 2.38. The van der Waals surface area contributed by atoms with Crippen LogP contribution in [0.4, 0.5) is 35.1 Å². The third-order valence-electron chi connectivity index (χ3n) is 4.80. The van der Waals surface area contributed by atoms with Crippen LogP contribution in [-0.4, -0.2) is 11.7 Å². The average molecular weight is 443 g/mol. The number of benzene rings is 3. The Balaban J connectivity index is 2.18. The fourth-order valence-electron chi connectivity index (χ4n) is 3.48. The van der Waals surface area contributed by atoms with Crippen LogP contribution in [0.25, 0.3) is 21.9 Å². The number of halogens is 8. The van der Waals surface area contributed by atoms with Crippen LogP contribution in [-0.2, 0) is 12.4 Å². The molecule has 11 heteroatoms. The molecule has 0 aliphatic carbocycles. The molecule has 0 fully saturated rings. The first-order chi connectivity index (χ1) is 14.3. The summed E-state index contributed by atoms with van der Waals surface area (Å²) in [6, 6.07) is 3.48. The normalized spacial score (nSPS) is 14.2. The topological polar surface area (TPSA) is 62.2 Å². The standard InChI is InChI=1S/C20H9F8N3/c21-13-4-7-3-12-16(18(30)31-17(12)29)15(11(7)6-14(13)22)8-1-9(19(23,24)25)5-10(2-8)20(26,27)28/h1-6H,(H3,29,30,31). The molecule has 0 aromatic heterocycles. The molecule has 3 aromatic rings. The summed E-state index contributed by atoms with van der Waals surface area (Å²) in [5, 5.41) is 7.65. The van der Waals surface area contributed by atoms with Gasteiger partial charge in [-0.25, -0.2) is 13.8 Å². The monoisotopic (exact) mass is 443 g/mol. The highest BCUT2D eigenvalue weighted by Crippen LogP contribution is 2.43. The van der Waals surface area contributed by atoms with Gasteiger partial charge in [0, 0.05) is 16.7 Å². The summed E-state index contributed by atoms with van der Waals surface area (Å²) in [4.78, 5) is 3.70. The van der Waals surface area contributed by atoms with Crippen LogP contribution in [0.1, 0.15) is 22.3 Å². The van der Waals surface area contributed by atoms with Gasteiger partial charge in [-0.3, -0.25) is 5.41 Å². The van der Waals surface area contributed by atoms with Crippen molar-refractivity contribution in [2.75, 3.05) is 0 Å². The van der Waals surface area contributed by atoms with E-state index in [4.69, 9.17) is 11.1 Å². The van der Waals surface area contributed by atoms with Gasteiger partial charge in [-0.1, -0.05) is 0 Å². The minimum atomic E-state index is -5.12.